The number of amides is 1. The van der Waals surface area contributed by atoms with Crippen LogP contribution in [-0.4, -0.2) is 30.8 Å². The molecule has 0 aliphatic carbocycles. The summed E-state index contributed by atoms with van der Waals surface area (Å²) >= 11 is 0. The van der Waals surface area contributed by atoms with Gasteiger partial charge in [0.1, 0.15) is 6.04 Å². The molecule has 0 aliphatic heterocycles. The van der Waals surface area contributed by atoms with Crippen LogP contribution < -0.4 is 4.90 Å². The van der Waals surface area contributed by atoms with E-state index in [0.29, 0.717) is 17.7 Å². The molecule has 5 heteroatoms. The van der Waals surface area contributed by atoms with E-state index in [4.69, 9.17) is 4.74 Å². The summed E-state index contributed by atoms with van der Waals surface area (Å²) < 4.78 is 5.05. The Bertz CT molecular complexity index is 685. The third-order valence-electron chi connectivity index (χ3n) is 3.54. The second-order valence-corrected chi connectivity index (χ2v) is 5.11. The van der Waals surface area contributed by atoms with Crippen LogP contribution in [0.25, 0.3) is 0 Å². The topological polar surface area (TPSA) is 63.7 Å². The lowest BCUT2D eigenvalue weighted by atomic mass is 10.0. The average Bonchev–Trinajstić information content (AvgIpc) is 2.63. The van der Waals surface area contributed by atoms with Crippen molar-refractivity contribution in [2.75, 3.05) is 11.5 Å². The number of carbonyl (C=O) groups excluding carboxylic acids is 3. The molecule has 24 heavy (non-hydrogen) atoms. The van der Waals surface area contributed by atoms with Crippen molar-refractivity contribution < 1.29 is 19.1 Å². The van der Waals surface area contributed by atoms with Gasteiger partial charge in [0.25, 0.3) is 0 Å². The van der Waals surface area contributed by atoms with E-state index in [9.17, 15) is 14.4 Å². The first-order valence-electron chi connectivity index (χ1n) is 7.71. The van der Waals surface area contributed by atoms with E-state index in [0.717, 1.165) is 0 Å². The maximum absolute atomic E-state index is 12.5. The largest absolute Gasteiger partial charge is 0.464 e. The van der Waals surface area contributed by atoms with E-state index < -0.39 is 12.0 Å². The second-order valence-electron chi connectivity index (χ2n) is 5.11. The monoisotopic (exact) mass is 325 g/mol. The van der Waals surface area contributed by atoms with Gasteiger partial charge in [0.15, 0.2) is 5.78 Å². The normalized spacial score (nSPS) is 11.4. The quantitative estimate of drug-likeness (QED) is 0.425. The molecule has 0 saturated heterocycles. The zero-order chi connectivity index (χ0) is 17.4. The van der Waals surface area contributed by atoms with E-state index in [1.165, 1.54) is 4.90 Å². The Morgan fingerprint density at radius 2 is 1.62 bits per heavy atom. The summed E-state index contributed by atoms with van der Waals surface area (Å²) in [5, 5.41) is 0. The lowest BCUT2D eigenvalue weighted by Gasteiger charge is -2.26. The van der Waals surface area contributed by atoms with Gasteiger partial charge in [-0.25, -0.2) is 4.79 Å². The van der Waals surface area contributed by atoms with Gasteiger partial charge in [-0.2, -0.15) is 0 Å². The molecule has 2 rings (SSSR count). The van der Waals surface area contributed by atoms with Crippen LogP contribution >= 0.6 is 0 Å². The second kappa shape index (κ2) is 8.62. The van der Waals surface area contributed by atoms with Crippen LogP contribution in [0.1, 0.15) is 23.7 Å². The molecule has 0 radical (unpaired) electrons. The number of hydrogen-bond donors (Lipinski definition) is 0. The minimum Gasteiger partial charge on any atom is -0.464 e. The number of ketones is 1. The van der Waals surface area contributed by atoms with Crippen molar-refractivity contribution in [1.29, 1.82) is 0 Å². The van der Waals surface area contributed by atoms with Crippen molar-refractivity contribution in [3.8, 4) is 0 Å². The fourth-order valence-corrected chi connectivity index (χ4v) is 2.37. The lowest BCUT2D eigenvalue weighted by Crippen LogP contribution is -2.43. The van der Waals surface area contributed by atoms with Gasteiger partial charge in [-0.1, -0.05) is 48.5 Å². The summed E-state index contributed by atoms with van der Waals surface area (Å²) in [4.78, 5) is 37.6. The van der Waals surface area contributed by atoms with Crippen molar-refractivity contribution in [1.82, 2.24) is 0 Å². The standard InChI is InChI=1S/C19H19NO4/c1-2-24-19(23)17(13-18(22)15-9-5-3-6-10-15)20(14-21)16-11-7-4-8-12-16/h3-12,14,17H,2,13H2,1H3. The molecule has 0 fully saturated rings. The zero-order valence-electron chi connectivity index (χ0n) is 13.4. The Balaban J connectivity index is 2.28. The predicted octanol–water partition coefficient (Wildman–Crippen LogP) is 2.85. The third-order valence-corrected chi connectivity index (χ3v) is 3.54. The van der Waals surface area contributed by atoms with Crippen LogP contribution in [0.4, 0.5) is 5.69 Å². The maximum Gasteiger partial charge on any atom is 0.329 e. The Morgan fingerprint density at radius 3 is 2.17 bits per heavy atom. The summed E-state index contributed by atoms with van der Waals surface area (Å²) in [7, 11) is 0. The fourth-order valence-electron chi connectivity index (χ4n) is 2.37. The first-order valence-corrected chi connectivity index (χ1v) is 7.71. The van der Waals surface area contributed by atoms with E-state index >= 15 is 0 Å². The molecule has 1 amide bonds. The Labute approximate surface area is 140 Å². The zero-order valence-corrected chi connectivity index (χ0v) is 13.4. The van der Waals surface area contributed by atoms with Crippen LogP contribution in [0.3, 0.4) is 0 Å². The van der Waals surface area contributed by atoms with E-state index in [1.54, 1.807) is 67.6 Å². The van der Waals surface area contributed by atoms with Crippen molar-refractivity contribution in [2.45, 2.75) is 19.4 Å². The van der Waals surface area contributed by atoms with Crippen LogP contribution in [0.15, 0.2) is 60.7 Å². The summed E-state index contributed by atoms with van der Waals surface area (Å²) in [6, 6.07) is 16.4. The average molecular weight is 325 g/mol. The molecular weight excluding hydrogens is 306 g/mol. The molecule has 0 aromatic heterocycles. The summed E-state index contributed by atoms with van der Waals surface area (Å²) in [6.45, 7) is 1.86. The highest BCUT2D eigenvalue weighted by Crippen LogP contribution is 2.19. The number of carbonyl (C=O) groups is 3. The van der Waals surface area contributed by atoms with Crippen molar-refractivity contribution >= 4 is 23.9 Å². The summed E-state index contributed by atoms with van der Waals surface area (Å²) in [5.41, 5.74) is 1.03. The summed E-state index contributed by atoms with van der Waals surface area (Å²) in [5.74, 6) is -0.825. The van der Waals surface area contributed by atoms with E-state index in [2.05, 4.69) is 0 Å². The molecule has 0 bridgehead atoms. The molecule has 2 aromatic carbocycles. The van der Waals surface area contributed by atoms with Gasteiger partial charge in [0, 0.05) is 17.7 Å². The van der Waals surface area contributed by atoms with E-state index in [-0.39, 0.29) is 18.8 Å². The number of anilines is 1. The van der Waals surface area contributed by atoms with E-state index in [1.807, 2.05) is 0 Å². The van der Waals surface area contributed by atoms with Crippen LogP contribution in [0.5, 0.6) is 0 Å². The number of hydrogen-bond acceptors (Lipinski definition) is 4. The molecule has 0 spiro atoms. The van der Waals surface area contributed by atoms with Gasteiger partial charge in [0.05, 0.1) is 6.61 Å². The minimum absolute atomic E-state index is 0.142. The van der Waals surface area contributed by atoms with Crippen LogP contribution in [-0.2, 0) is 14.3 Å². The number of esters is 1. The first kappa shape index (κ1) is 17.4. The number of ether oxygens (including phenoxy) is 1. The highest BCUT2D eigenvalue weighted by molar-refractivity contribution is 6.01. The van der Waals surface area contributed by atoms with Crippen molar-refractivity contribution in [2.24, 2.45) is 0 Å². The Kier molecular flexibility index (Phi) is 6.25. The van der Waals surface area contributed by atoms with Gasteiger partial charge < -0.3 is 9.64 Å². The number of nitrogens with zero attached hydrogens (tertiary/aromatic N) is 1. The van der Waals surface area contributed by atoms with Gasteiger partial charge in [-0.3, -0.25) is 9.59 Å². The first-order chi connectivity index (χ1) is 11.7. The van der Waals surface area contributed by atoms with Crippen molar-refractivity contribution in [3.05, 3.63) is 66.2 Å². The van der Waals surface area contributed by atoms with Gasteiger partial charge in [0.2, 0.25) is 6.41 Å². The van der Waals surface area contributed by atoms with Crippen LogP contribution in [0, 0.1) is 0 Å². The Hall–Kier alpha value is -2.95. The number of Topliss-reactive ketones (excluding diaryl/α,β-unsaturated/α-hetero) is 1. The third kappa shape index (κ3) is 4.29. The molecule has 1 unspecified atom stereocenters. The maximum atomic E-state index is 12.5. The van der Waals surface area contributed by atoms with Gasteiger partial charge in [-0.15, -0.1) is 0 Å². The number of benzene rings is 2. The highest BCUT2D eigenvalue weighted by atomic mass is 16.5. The minimum atomic E-state index is -1.00. The molecule has 0 heterocycles. The highest BCUT2D eigenvalue weighted by Gasteiger charge is 2.30. The van der Waals surface area contributed by atoms with Crippen molar-refractivity contribution in [3.63, 3.8) is 0 Å². The molecule has 0 aliphatic rings. The van der Waals surface area contributed by atoms with Gasteiger partial charge >= 0.3 is 5.97 Å². The summed E-state index contributed by atoms with van der Waals surface area (Å²) in [6.07, 6.45) is 0.408. The Morgan fingerprint density at radius 1 is 1.04 bits per heavy atom. The molecule has 0 saturated carbocycles. The number of rotatable bonds is 8. The predicted molar refractivity (Wildman–Crippen MR) is 90.8 cm³/mol. The molecular formula is C19H19NO4. The lowest BCUT2D eigenvalue weighted by molar-refractivity contribution is -0.145. The molecule has 0 N–H and O–H groups in total. The fraction of sp³-hybridized carbons (Fsp3) is 0.211. The SMILES string of the molecule is CCOC(=O)C(CC(=O)c1ccccc1)N(C=O)c1ccccc1. The van der Waals surface area contributed by atoms with Gasteiger partial charge in [-0.05, 0) is 19.1 Å². The molecule has 1 atom stereocenters. The molecule has 5 nitrogen and oxygen atoms in total. The smallest absolute Gasteiger partial charge is 0.329 e. The number of para-hydroxylation sites is 1. The molecule has 2 aromatic rings. The van der Waals surface area contributed by atoms with Crippen LogP contribution in [0.2, 0.25) is 0 Å². The molecule has 124 valence electrons.